The van der Waals surface area contributed by atoms with Crippen molar-refractivity contribution in [1.29, 1.82) is 0 Å². The Morgan fingerprint density at radius 2 is 2.05 bits per heavy atom. The van der Waals surface area contributed by atoms with E-state index in [1.807, 2.05) is 6.08 Å². The van der Waals surface area contributed by atoms with Gasteiger partial charge in [0.05, 0.1) is 5.57 Å². The van der Waals surface area contributed by atoms with Gasteiger partial charge in [-0.05, 0) is 30.6 Å². The van der Waals surface area contributed by atoms with E-state index in [1.54, 1.807) is 12.2 Å². The third-order valence-corrected chi connectivity index (χ3v) is 9.20. The average molecular weight is 313 g/mol. The van der Waals surface area contributed by atoms with E-state index in [9.17, 15) is 4.79 Å². The van der Waals surface area contributed by atoms with Crippen LogP contribution in [0.25, 0.3) is 0 Å². The molecule has 1 aliphatic rings. The SMILES string of the molecule is CC(C)(C)[Si](C)(C)OCCC1C=CC=C(C(=O)O)C1=S. The number of rotatable bonds is 5. The molecule has 5 heteroatoms. The van der Waals surface area contributed by atoms with Gasteiger partial charge in [0.15, 0.2) is 8.32 Å². The fourth-order valence-electron chi connectivity index (χ4n) is 1.72. The van der Waals surface area contributed by atoms with E-state index in [-0.39, 0.29) is 16.5 Å². The number of hydrogen-bond acceptors (Lipinski definition) is 3. The number of allylic oxidation sites excluding steroid dienone is 3. The van der Waals surface area contributed by atoms with Crippen LogP contribution in [-0.4, -0.2) is 30.9 Å². The third kappa shape index (κ3) is 4.10. The van der Waals surface area contributed by atoms with Gasteiger partial charge >= 0.3 is 5.97 Å². The van der Waals surface area contributed by atoms with Crippen LogP contribution in [0.3, 0.4) is 0 Å². The summed E-state index contributed by atoms with van der Waals surface area (Å²) in [6.07, 6.45) is 6.04. The van der Waals surface area contributed by atoms with E-state index in [1.165, 1.54) is 0 Å². The molecule has 0 spiro atoms. The molecular weight excluding hydrogens is 288 g/mol. The van der Waals surface area contributed by atoms with Crippen LogP contribution in [0.4, 0.5) is 0 Å². The zero-order valence-electron chi connectivity index (χ0n) is 12.9. The number of thiocarbonyl (C=S) groups is 1. The molecule has 1 aliphatic carbocycles. The normalized spacial score (nSPS) is 19.9. The van der Waals surface area contributed by atoms with E-state index in [0.717, 1.165) is 6.42 Å². The van der Waals surface area contributed by atoms with Crippen LogP contribution in [0.1, 0.15) is 27.2 Å². The highest BCUT2D eigenvalue weighted by Gasteiger charge is 2.37. The summed E-state index contributed by atoms with van der Waals surface area (Å²) in [5.74, 6) is -0.958. The lowest BCUT2D eigenvalue weighted by molar-refractivity contribution is -0.132. The van der Waals surface area contributed by atoms with Crippen molar-refractivity contribution in [1.82, 2.24) is 0 Å². The minimum Gasteiger partial charge on any atom is -0.478 e. The van der Waals surface area contributed by atoms with Gasteiger partial charge in [0, 0.05) is 17.4 Å². The molecule has 1 atom stereocenters. The zero-order valence-corrected chi connectivity index (χ0v) is 14.7. The van der Waals surface area contributed by atoms with Crippen molar-refractivity contribution in [3.63, 3.8) is 0 Å². The molecule has 3 nitrogen and oxygen atoms in total. The molecule has 0 aromatic heterocycles. The van der Waals surface area contributed by atoms with Crippen LogP contribution >= 0.6 is 12.2 Å². The molecule has 0 aromatic carbocycles. The Morgan fingerprint density at radius 1 is 1.45 bits per heavy atom. The Bertz CT molecular complexity index is 458. The monoisotopic (exact) mass is 312 g/mol. The highest BCUT2D eigenvalue weighted by molar-refractivity contribution is 7.81. The maximum Gasteiger partial charge on any atom is 0.336 e. The molecule has 0 bridgehead atoms. The number of carbonyl (C=O) groups is 1. The molecule has 0 amide bonds. The van der Waals surface area contributed by atoms with Crippen molar-refractivity contribution in [2.45, 2.75) is 45.3 Å². The molecule has 0 aromatic rings. The molecule has 0 aliphatic heterocycles. The van der Waals surface area contributed by atoms with Crippen LogP contribution in [0.15, 0.2) is 23.8 Å². The van der Waals surface area contributed by atoms with Crippen molar-refractivity contribution in [3.8, 4) is 0 Å². The molecule has 112 valence electrons. The highest BCUT2D eigenvalue weighted by atomic mass is 32.1. The van der Waals surface area contributed by atoms with Gasteiger partial charge in [0.1, 0.15) is 0 Å². The lowest BCUT2D eigenvalue weighted by atomic mass is 9.92. The molecule has 0 saturated carbocycles. The van der Waals surface area contributed by atoms with E-state index in [4.69, 9.17) is 21.8 Å². The number of aliphatic carboxylic acids is 1. The largest absolute Gasteiger partial charge is 0.478 e. The summed E-state index contributed by atoms with van der Waals surface area (Å²) in [5, 5.41) is 9.26. The molecule has 0 radical (unpaired) electrons. The van der Waals surface area contributed by atoms with Gasteiger partial charge < -0.3 is 9.53 Å². The van der Waals surface area contributed by atoms with Gasteiger partial charge in [-0.15, -0.1) is 0 Å². The molecule has 1 rings (SSSR count). The molecule has 0 fully saturated rings. The molecule has 20 heavy (non-hydrogen) atoms. The molecular formula is C15H24O3SSi. The van der Waals surface area contributed by atoms with Crippen molar-refractivity contribution in [2.24, 2.45) is 5.92 Å². The van der Waals surface area contributed by atoms with Gasteiger partial charge in [-0.25, -0.2) is 4.79 Å². The van der Waals surface area contributed by atoms with Gasteiger partial charge in [-0.1, -0.05) is 45.1 Å². The first-order chi connectivity index (χ1) is 9.06. The molecule has 1 unspecified atom stereocenters. The number of carboxylic acid groups (broad SMARTS) is 1. The van der Waals surface area contributed by atoms with Crippen LogP contribution in [-0.2, 0) is 9.22 Å². The average Bonchev–Trinajstić information content (AvgIpc) is 2.29. The summed E-state index contributed by atoms with van der Waals surface area (Å²) in [6.45, 7) is 11.7. The first-order valence-corrected chi connectivity index (χ1v) is 10.2. The minimum absolute atomic E-state index is 0.00846. The Kier molecular flexibility index (Phi) is 5.46. The maximum atomic E-state index is 11.1. The van der Waals surface area contributed by atoms with Gasteiger partial charge in [0.25, 0.3) is 0 Å². The number of hydrogen-bond donors (Lipinski definition) is 1. The second-order valence-electron chi connectivity index (χ2n) is 6.64. The van der Waals surface area contributed by atoms with Gasteiger partial charge in [-0.2, -0.15) is 0 Å². The fraction of sp³-hybridized carbons (Fsp3) is 0.600. The van der Waals surface area contributed by atoms with Gasteiger partial charge in [0.2, 0.25) is 0 Å². The lowest BCUT2D eigenvalue weighted by Crippen LogP contribution is -2.41. The van der Waals surface area contributed by atoms with Crippen LogP contribution in [0.2, 0.25) is 18.1 Å². The van der Waals surface area contributed by atoms with E-state index >= 15 is 0 Å². The second kappa shape index (κ2) is 6.33. The Balaban J connectivity index is 2.57. The summed E-state index contributed by atoms with van der Waals surface area (Å²) in [4.78, 5) is 11.6. The summed E-state index contributed by atoms with van der Waals surface area (Å²) < 4.78 is 6.12. The van der Waals surface area contributed by atoms with Crippen LogP contribution in [0.5, 0.6) is 0 Å². The topological polar surface area (TPSA) is 46.5 Å². The van der Waals surface area contributed by atoms with Crippen molar-refractivity contribution in [2.75, 3.05) is 6.61 Å². The maximum absolute atomic E-state index is 11.1. The summed E-state index contributed by atoms with van der Waals surface area (Å²) >= 11 is 5.26. The van der Waals surface area contributed by atoms with E-state index < -0.39 is 14.3 Å². The quantitative estimate of drug-likeness (QED) is 0.616. The lowest BCUT2D eigenvalue weighted by Gasteiger charge is -2.36. The summed E-state index contributed by atoms with van der Waals surface area (Å²) in [6, 6.07) is 0. The van der Waals surface area contributed by atoms with Gasteiger partial charge in [-0.3, -0.25) is 0 Å². The van der Waals surface area contributed by atoms with Crippen LogP contribution < -0.4 is 0 Å². The molecule has 0 heterocycles. The fourth-order valence-corrected chi connectivity index (χ4v) is 3.13. The van der Waals surface area contributed by atoms with Crippen molar-refractivity contribution >= 4 is 31.4 Å². The molecule has 1 N–H and O–H groups in total. The zero-order chi connectivity index (χ0) is 15.6. The second-order valence-corrected chi connectivity index (χ2v) is 11.9. The van der Waals surface area contributed by atoms with E-state index in [0.29, 0.717) is 11.5 Å². The third-order valence-electron chi connectivity index (χ3n) is 4.14. The summed E-state index contributed by atoms with van der Waals surface area (Å²) in [5.41, 5.74) is 0.236. The van der Waals surface area contributed by atoms with Crippen LogP contribution in [0, 0.1) is 5.92 Å². The Morgan fingerprint density at radius 3 is 2.55 bits per heavy atom. The van der Waals surface area contributed by atoms with Crippen molar-refractivity contribution in [3.05, 3.63) is 23.8 Å². The first-order valence-electron chi connectivity index (χ1n) is 6.86. The predicted molar refractivity (Wildman–Crippen MR) is 88.7 cm³/mol. The smallest absolute Gasteiger partial charge is 0.336 e. The highest BCUT2D eigenvalue weighted by Crippen LogP contribution is 2.36. The standard InChI is InChI=1S/C15H24O3SSi/c1-15(2,3)20(4,5)18-10-9-11-7-6-8-12(13(11)19)14(16)17/h6-8,11H,9-10H2,1-5H3,(H,16,17). The summed E-state index contributed by atoms with van der Waals surface area (Å²) in [7, 11) is -1.75. The van der Waals surface area contributed by atoms with Crippen molar-refractivity contribution < 1.29 is 14.3 Å². The minimum atomic E-state index is -1.75. The van der Waals surface area contributed by atoms with E-state index in [2.05, 4.69) is 33.9 Å². The Labute approximate surface area is 127 Å². The molecule has 0 saturated heterocycles. The first kappa shape index (κ1) is 17.3. The number of carboxylic acids is 1. The Hall–Kier alpha value is -0.783. The predicted octanol–water partition coefficient (Wildman–Crippen LogP) is 3.97.